The highest BCUT2D eigenvalue weighted by atomic mass is 16.5. The average molecular weight is 287 g/mol. The Labute approximate surface area is 119 Å². The number of hydrogen-bond donors (Lipinski definition) is 3. The van der Waals surface area contributed by atoms with Gasteiger partial charge in [-0.25, -0.2) is 4.79 Å². The molecule has 0 radical (unpaired) electrons. The number of piperazine rings is 1. The van der Waals surface area contributed by atoms with Gasteiger partial charge in [0.1, 0.15) is 0 Å². The van der Waals surface area contributed by atoms with Gasteiger partial charge in [0.2, 0.25) is 0 Å². The van der Waals surface area contributed by atoms with Crippen molar-refractivity contribution < 1.29 is 19.4 Å². The minimum Gasteiger partial charge on any atom is -0.466 e. The first-order valence-electron chi connectivity index (χ1n) is 6.96. The zero-order chi connectivity index (χ0) is 15.2. The summed E-state index contributed by atoms with van der Waals surface area (Å²) in [6.07, 6.45) is -0.599. The van der Waals surface area contributed by atoms with Crippen LogP contribution in [-0.2, 0) is 9.53 Å². The predicted molar refractivity (Wildman–Crippen MR) is 74.7 cm³/mol. The Kier molecular flexibility index (Phi) is 6.22. The molecule has 20 heavy (non-hydrogen) atoms. The number of carbonyl (C=O) groups excluding carboxylic acids is 1. The maximum Gasteiger partial charge on any atom is 0.407 e. The van der Waals surface area contributed by atoms with Crippen molar-refractivity contribution in [2.24, 2.45) is 0 Å². The Balaban J connectivity index is 2.37. The molecule has 1 fully saturated rings. The first kappa shape index (κ1) is 16.7. The number of nitrogens with one attached hydrogen (secondary N) is 2. The van der Waals surface area contributed by atoms with Crippen molar-refractivity contribution in [3.05, 3.63) is 0 Å². The fourth-order valence-electron chi connectivity index (χ4n) is 2.17. The second-order valence-electron chi connectivity index (χ2n) is 5.63. The van der Waals surface area contributed by atoms with Gasteiger partial charge in [-0.15, -0.1) is 0 Å². The number of carboxylic acid groups (broad SMARTS) is 1. The van der Waals surface area contributed by atoms with E-state index < -0.39 is 6.09 Å². The van der Waals surface area contributed by atoms with Crippen molar-refractivity contribution in [1.29, 1.82) is 0 Å². The molecule has 0 spiro atoms. The Hall–Kier alpha value is -1.34. The number of ether oxygens (including phenoxy) is 1. The summed E-state index contributed by atoms with van der Waals surface area (Å²) < 4.78 is 4.94. The van der Waals surface area contributed by atoms with Crippen LogP contribution in [0.3, 0.4) is 0 Å². The molecule has 0 aliphatic carbocycles. The van der Waals surface area contributed by atoms with Crippen molar-refractivity contribution in [2.45, 2.75) is 38.8 Å². The van der Waals surface area contributed by atoms with Crippen molar-refractivity contribution in [1.82, 2.24) is 15.5 Å². The number of nitrogens with zero attached hydrogens (tertiary/aromatic N) is 1. The maximum absolute atomic E-state index is 11.5. The summed E-state index contributed by atoms with van der Waals surface area (Å²) in [5.41, 5.74) is -0.376. The van der Waals surface area contributed by atoms with E-state index in [-0.39, 0.29) is 24.0 Å². The quantitative estimate of drug-likeness (QED) is 0.607. The maximum atomic E-state index is 11.5. The van der Waals surface area contributed by atoms with Crippen molar-refractivity contribution >= 4 is 12.1 Å². The summed E-state index contributed by atoms with van der Waals surface area (Å²) in [6.45, 7) is 8.25. The zero-order valence-corrected chi connectivity index (χ0v) is 12.4. The highest BCUT2D eigenvalue weighted by molar-refractivity contribution is 5.70. The van der Waals surface area contributed by atoms with Gasteiger partial charge in [0, 0.05) is 37.8 Å². The van der Waals surface area contributed by atoms with Crippen molar-refractivity contribution in [2.75, 3.05) is 32.8 Å². The van der Waals surface area contributed by atoms with E-state index in [2.05, 4.69) is 10.6 Å². The second kappa shape index (κ2) is 7.44. The Morgan fingerprint density at radius 3 is 2.80 bits per heavy atom. The first-order chi connectivity index (χ1) is 9.34. The van der Waals surface area contributed by atoms with Gasteiger partial charge in [-0.1, -0.05) is 0 Å². The molecule has 0 aromatic heterocycles. The normalized spacial score (nSPS) is 19.8. The highest BCUT2D eigenvalue weighted by Gasteiger charge is 2.26. The summed E-state index contributed by atoms with van der Waals surface area (Å²) in [5, 5.41) is 15.5. The first-order valence-corrected chi connectivity index (χ1v) is 6.96. The van der Waals surface area contributed by atoms with Gasteiger partial charge in [0.05, 0.1) is 13.0 Å². The number of esters is 1. The fraction of sp³-hybridized carbons (Fsp3) is 0.846. The molecular formula is C13H25N3O4. The fourth-order valence-corrected chi connectivity index (χ4v) is 2.17. The van der Waals surface area contributed by atoms with Crippen LogP contribution in [0.5, 0.6) is 0 Å². The van der Waals surface area contributed by atoms with E-state index in [1.165, 1.54) is 4.90 Å². The monoisotopic (exact) mass is 287 g/mol. The Morgan fingerprint density at radius 2 is 2.20 bits per heavy atom. The molecule has 3 N–H and O–H groups in total. The molecule has 1 aliphatic heterocycles. The lowest BCUT2D eigenvalue weighted by molar-refractivity contribution is -0.144. The van der Waals surface area contributed by atoms with Gasteiger partial charge in [0.25, 0.3) is 0 Å². The molecule has 1 unspecified atom stereocenters. The van der Waals surface area contributed by atoms with E-state index in [1.54, 1.807) is 6.92 Å². The van der Waals surface area contributed by atoms with Gasteiger partial charge in [-0.3, -0.25) is 4.79 Å². The lowest BCUT2D eigenvalue weighted by atomic mass is 10.00. The number of rotatable bonds is 6. The van der Waals surface area contributed by atoms with Crippen LogP contribution < -0.4 is 10.6 Å². The lowest BCUT2D eigenvalue weighted by Crippen LogP contribution is -2.57. The van der Waals surface area contributed by atoms with E-state index in [4.69, 9.17) is 9.84 Å². The standard InChI is InChI=1S/C13H25N3O4/c1-4-20-11(17)7-13(2,3)15-8-10-9-16(12(18)19)6-5-14-10/h10,14-15H,4-9H2,1-3H3,(H,18,19). The van der Waals surface area contributed by atoms with Crippen LogP contribution in [-0.4, -0.2) is 66.4 Å². The second-order valence-corrected chi connectivity index (χ2v) is 5.63. The Bertz CT molecular complexity index is 347. The summed E-state index contributed by atoms with van der Waals surface area (Å²) in [5.74, 6) is -0.228. The predicted octanol–water partition coefficient (Wildman–Crippen LogP) is 0.260. The summed E-state index contributed by atoms with van der Waals surface area (Å²) >= 11 is 0. The van der Waals surface area contributed by atoms with Crippen LogP contribution in [0.2, 0.25) is 0 Å². The van der Waals surface area contributed by atoms with Crippen LogP contribution in [0.25, 0.3) is 0 Å². The van der Waals surface area contributed by atoms with Crippen LogP contribution >= 0.6 is 0 Å². The molecule has 7 nitrogen and oxygen atoms in total. The highest BCUT2D eigenvalue weighted by Crippen LogP contribution is 2.10. The Morgan fingerprint density at radius 1 is 1.50 bits per heavy atom. The van der Waals surface area contributed by atoms with Gasteiger partial charge in [0.15, 0.2) is 0 Å². The van der Waals surface area contributed by atoms with Crippen LogP contribution in [0, 0.1) is 0 Å². The number of carbonyl (C=O) groups is 2. The minimum atomic E-state index is -0.887. The summed E-state index contributed by atoms with van der Waals surface area (Å²) in [4.78, 5) is 23.8. The molecule has 1 aliphatic rings. The molecule has 0 aromatic rings. The SMILES string of the molecule is CCOC(=O)CC(C)(C)NCC1CN(C(=O)O)CCN1. The van der Waals surface area contributed by atoms with E-state index in [0.29, 0.717) is 32.8 Å². The largest absolute Gasteiger partial charge is 0.466 e. The van der Waals surface area contributed by atoms with Gasteiger partial charge >= 0.3 is 12.1 Å². The number of hydrogen-bond acceptors (Lipinski definition) is 5. The van der Waals surface area contributed by atoms with Crippen LogP contribution in [0.15, 0.2) is 0 Å². The minimum absolute atomic E-state index is 0.0568. The summed E-state index contributed by atoms with van der Waals surface area (Å²) in [7, 11) is 0. The molecule has 1 heterocycles. The number of amides is 1. The third kappa shape index (κ3) is 5.75. The van der Waals surface area contributed by atoms with Crippen LogP contribution in [0.4, 0.5) is 4.79 Å². The van der Waals surface area contributed by atoms with E-state index in [0.717, 1.165) is 0 Å². The molecule has 0 bridgehead atoms. The topological polar surface area (TPSA) is 90.9 Å². The van der Waals surface area contributed by atoms with Gasteiger partial charge in [-0.05, 0) is 20.8 Å². The van der Waals surface area contributed by atoms with Crippen LogP contribution in [0.1, 0.15) is 27.2 Å². The molecule has 0 saturated carbocycles. The molecular weight excluding hydrogens is 262 g/mol. The molecule has 116 valence electrons. The summed E-state index contributed by atoms with van der Waals surface area (Å²) in [6, 6.07) is 0.0568. The van der Waals surface area contributed by atoms with Gasteiger partial charge < -0.3 is 25.4 Å². The average Bonchev–Trinajstić information content (AvgIpc) is 2.36. The lowest BCUT2D eigenvalue weighted by Gasteiger charge is -2.34. The zero-order valence-electron chi connectivity index (χ0n) is 12.4. The molecule has 1 rings (SSSR count). The smallest absolute Gasteiger partial charge is 0.407 e. The van der Waals surface area contributed by atoms with E-state index in [9.17, 15) is 9.59 Å². The third-order valence-electron chi connectivity index (χ3n) is 3.24. The molecule has 1 amide bonds. The third-order valence-corrected chi connectivity index (χ3v) is 3.24. The molecule has 1 saturated heterocycles. The van der Waals surface area contributed by atoms with Gasteiger partial charge in [-0.2, -0.15) is 0 Å². The molecule has 0 aromatic carbocycles. The van der Waals surface area contributed by atoms with E-state index in [1.807, 2.05) is 13.8 Å². The van der Waals surface area contributed by atoms with Crippen molar-refractivity contribution in [3.8, 4) is 0 Å². The van der Waals surface area contributed by atoms with E-state index >= 15 is 0 Å². The molecule has 1 atom stereocenters. The van der Waals surface area contributed by atoms with Crippen molar-refractivity contribution in [3.63, 3.8) is 0 Å². The molecule has 7 heteroatoms.